The molecule has 2 aromatic heterocycles. The van der Waals surface area contributed by atoms with Crippen molar-refractivity contribution < 1.29 is 22.3 Å². The van der Waals surface area contributed by atoms with Gasteiger partial charge in [0, 0.05) is 28.5 Å². The number of nitrogens with two attached hydrogens (primary N) is 1. The molecule has 0 atom stereocenters. The van der Waals surface area contributed by atoms with Crippen LogP contribution in [0.5, 0.6) is 5.88 Å². The maximum Gasteiger partial charge on any atom is 0.264 e. The Balaban J connectivity index is 1.42. The molecule has 10 nitrogen and oxygen atoms in total. The SMILES string of the molecule is Cc1[nH]nc2nc(-c3ccc(NS(=O)(=O)c4cc(Cl)ccc4F)cc3)nc(OCC3(CN)COC3)c12. The minimum Gasteiger partial charge on any atom is -0.476 e. The standard InChI is InChI=1S/C23H22ClFN6O4S/c1-13-19-21(30-29-13)27-20(28-22(19)35-12-23(9-26)10-34-11-23)14-2-5-16(6-3-14)31-36(32,33)18-8-15(24)4-7-17(18)25/h2-8,31H,9-12,26H2,1H3,(H,27,28,29,30). The largest absolute Gasteiger partial charge is 0.476 e. The van der Waals surface area contributed by atoms with Gasteiger partial charge in [0.25, 0.3) is 10.0 Å². The van der Waals surface area contributed by atoms with Crippen LogP contribution in [0.4, 0.5) is 10.1 Å². The summed E-state index contributed by atoms with van der Waals surface area (Å²) >= 11 is 5.83. The quantitative estimate of drug-likeness (QED) is 0.313. The van der Waals surface area contributed by atoms with Gasteiger partial charge in [-0.3, -0.25) is 9.82 Å². The zero-order valence-corrected chi connectivity index (χ0v) is 20.7. The molecule has 0 bridgehead atoms. The minimum atomic E-state index is -4.19. The Kier molecular flexibility index (Phi) is 6.29. The topological polar surface area (TPSA) is 145 Å². The van der Waals surface area contributed by atoms with Crippen molar-refractivity contribution in [1.29, 1.82) is 0 Å². The molecule has 4 aromatic rings. The Morgan fingerprint density at radius 1 is 1.22 bits per heavy atom. The molecule has 1 saturated heterocycles. The fourth-order valence-corrected chi connectivity index (χ4v) is 5.12. The van der Waals surface area contributed by atoms with Crippen LogP contribution in [0.3, 0.4) is 0 Å². The number of hydrogen-bond donors (Lipinski definition) is 3. The van der Waals surface area contributed by atoms with Gasteiger partial charge in [0.1, 0.15) is 22.7 Å². The molecule has 3 heterocycles. The molecule has 0 aliphatic carbocycles. The number of halogens is 2. The molecular formula is C23H22ClFN6O4S. The summed E-state index contributed by atoms with van der Waals surface area (Å²) in [6.07, 6.45) is 0. The molecule has 0 spiro atoms. The number of anilines is 1. The Hall–Kier alpha value is -3.32. The van der Waals surface area contributed by atoms with Gasteiger partial charge in [0.15, 0.2) is 11.5 Å². The summed E-state index contributed by atoms with van der Waals surface area (Å²) in [5.74, 6) is -0.204. The van der Waals surface area contributed by atoms with Gasteiger partial charge >= 0.3 is 0 Å². The van der Waals surface area contributed by atoms with E-state index in [-0.39, 0.29) is 16.1 Å². The maximum absolute atomic E-state index is 14.1. The average molecular weight is 533 g/mol. The van der Waals surface area contributed by atoms with Crippen molar-refractivity contribution in [2.75, 3.05) is 31.1 Å². The van der Waals surface area contributed by atoms with E-state index in [2.05, 4.69) is 24.9 Å². The van der Waals surface area contributed by atoms with E-state index in [1.54, 1.807) is 12.1 Å². The maximum atomic E-state index is 14.1. The Labute approximate surface area is 211 Å². The second kappa shape index (κ2) is 9.28. The second-order valence-electron chi connectivity index (χ2n) is 8.64. The van der Waals surface area contributed by atoms with E-state index in [9.17, 15) is 12.8 Å². The van der Waals surface area contributed by atoms with Crippen LogP contribution in [-0.2, 0) is 14.8 Å². The van der Waals surface area contributed by atoms with Gasteiger partial charge in [0.05, 0.1) is 18.6 Å². The van der Waals surface area contributed by atoms with Crippen LogP contribution in [0.1, 0.15) is 5.69 Å². The molecule has 188 valence electrons. The minimum absolute atomic E-state index is 0.105. The van der Waals surface area contributed by atoms with Gasteiger partial charge in [-0.2, -0.15) is 10.1 Å². The number of fused-ring (bicyclic) bond motifs is 1. The Morgan fingerprint density at radius 2 is 1.97 bits per heavy atom. The molecule has 5 rings (SSSR count). The highest BCUT2D eigenvalue weighted by Gasteiger charge is 2.38. The van der Waals surface area contributed by atoms with Crippen molar-refractivity contribution in [3.05, 3.63) is 59.0 Å². The monoisotopic (exact) mass is 532 g/mol. The highest BCUT2D eigenvalue weighted by atomic mass is 35.5. The highest BCUT2D eigenvalue weighted by molar-refractivity contribution is 7.92. The van der Waals surface area contributed by atoms with Crippen LogP contribution < -0.4 is 15.2 Å². The summed E-state index contributed by atoms with van der Waals surface area (Å²) < 4.78 is 53.1. The van der Waals surface area contributed by atoms with E-state index in [1.807, 2.05) is 6.92 Å². The normalized spacial score (nSPS) is 15.0. The summed E-state index contributed by atoms with van der Waals surface area (Å²) in [7, 11) is -4.19. The van der Waals surface area contributed by atoms with Gasteiger partial charge in [-0.15, -0.1) is 0 Å². The predicted octanol–water partition coefficient (Wildman–Crippen LogP) is 3.28. The molecule has 1 fully saturated rings. The predicted molar refractivity (Wildman–Crippen MR) is 132 cm³/mol. The molecule has 4 N–H and O–H groups in total. The number of rotatable bonds is 8. The lowest BCUT2D eigenvalue weighted by atomic mass is 9.87. The first-order valence-corrected chi connectivity index (χ1v) is 12.8. The number of sulfonamides is 1. The summed E-state index contributed by atoms with van der Waals surface area (Å²) in [5.41, 5.74) is 7.66. The fraction of sp³-hybridized carbons (Fsp3) is 0.261. The van der Waals surface area contributed by atoms with Crippen LogP contribution in [0.25, 0.3) is 22.4 Å². The average Bonchev–Trinajstić information content (AvgIpc) is 3.21. The zero-order chi connectivity index (χ0) is 25.5. The lowest BCUT2D eigenvalue weighted by Gasteiger charge is -2.39. The van der Waals surface area contributed by atoms with E-state index in [4.69, 9.17) is 26.8 Å². The number of ether oxygens (including phenoxy) is 2. The van der Waals surface area contributed by atoms with Crippen molar-refractivity contribution in [2.45, 2.75) is 11.8 Å². The summed E-state index contributed by atoms with van der Waals surface area (Å²) in [6, 6.07) is 9.64. The molecule has 0 unspecified atom stereocenters. The molecule has 0 radical (unpaired) electrons. The first kappa shape index (κ1) is 24.4. The Morgan fingerprint density at radius 3 is 2.64 bits per heavy atom. The van der Waals surface area contributed by atoms with E-state index in [1.165, 1.54) is 18.2 Å². The van der Waals surface area contributed by atoms with Gasteiger partial charge in [-0.25, -0.2) is 17.8 Å². The number of hydrogen-bond acceptors (Lipinski definition) is 8. The summed E-state index contributed by atoms with van der Waals surface area (Å²) in [5, 5.41) is 7.90. The zero-order valence-electron chi connectivity index (χ0n) is 19.1. The number of aryl methyl sites for hydroxylation is 1. The molecule has 0 amide bonds. The number of aromatic nitrogens is 4. The van der Waals surface area contributed by atoms with E-state index >= 15 is 0 Å². The lowest BCUT2D eigenvalue weighted by molar-refractivity contribution is -0.125. The molecule has 1 aliphatic heterocycles. The smallest absolute Gasteiger partial charge is 0.264 e. The van der Waals surface area contributed by atoms with Gasteiger partial charge < -0.3 is 15.2 Å². The van der Waals surface area contributed by atoms with Crippen LogP contribution in [0, 0.1) is 18.2 Å². The van der Waals surface area contributed by atoms with Gasteiger partial charge in [-0.05, 0) is 49.4 Å². The number of nitrogens with zero attached hydrogens (tertiary/aromatic N) is 3. The fourth-order valence-electron chi connectivity index (χ4n) is 3.72. The molecule has 36 heavy (non-hydrogen) atoms. The van der Waals surface area contributed by atoms with Crippen LogP contribution in [0.2, 0.25) is 5.02 Å². The van der Waals surface area contributed by atoms with Crippen LogP contribution in [-0.4, -0.2) is 54.9 Å². The van der Waals surface area contributed by atoms with E-state index < -0.39 is 20.7 Å². The second-order valence-corrected chi connectivity index (χ2v) is 10.7. The van der Waals surface area contributed by atoms with Gasteiger partial charge in [-0.1, -0.05) is 11.6 Å². The van der Waals surface area contributed by atoms with Gasteiger partial charge in [0.2, 0.25) is 5.88 Å². The first-order chi connectivity index (χ1) is 17.2. The third-order valence-electron chi connectivity index (χ3n) is 5.90. The number of aromatic amines is 1. The highest BCUT2D eigenvalue weighted by Crippen LogP contribution is 2.32. The van der Waals surface area contributed by atoms with Crippen LogP contribution >= 0.6 is 11.6 Å². The Bertz CT molecular complexity index is 1530. The number of H-pyrrole nitrogens is 1. The first-order valence-electron chi connectivity index (χ1n) is 10.9. The third kappa shape index (κ3) is 4.60. The summed E-state index contributed by atoms with van der Waals surface area (Å²) in [6.45, 7) is 3.65. The molecule has 1 aliphatic rings. The van der Waals surface area contributed by atoms with Crippen molar-refractivity contribution in [1.82, 2.24) is 20.2 Å². The number of benzene rings is 2. The number of nitrogens with one attached hydrogen (secondary N) is 2. The summed E-state index contributed by atoms with van der Waals surface area (Å²) in [4.78, 5) is 8.56. The molecule has 0 saturated carbocycles. The van der Waals surface area contributed by atoms with E-state index in [0.29, 0.717) is 54.7 Å². The van der Waals surface area contributed by atoms with Crippen molar-refractivity contribution >= 4 is 38.3 Å². The van der Waals surface area contributed by atoms with Crippen molar-refractivity contribution in [3.8, 4) is 17.3 Å². The van der Waals surface area contributed by atoms with Crippen molar-refractivity contribution in [3.63, 3.8) is 0 Å². The van der Waals surface area contributed by atoms with E-state index in [0.717, 1.165) is 17.8 Å². The molecular weight excluding hydrogens is 511 g/mol. The molecule has 13 heteroatoms. The van der Waals surface area contributed by atoms with Crippen LogP contribution in [0.15, 0.2) is 47.4 Å². The third-order valence-corrected chi connectivity index (χ3v) is 7.54. The van der Waals surface area contributed by atoms with Crippen molar-refractivity contribution in [2.24, 2.45) is 11.1 Å². The lowest BCUT2D eigenvalue weighted by Crippen LogP contribution is -2.52. The molecule has 2 aromatic carbocycles.